The fourth-order valence-electron chi connectivity index (χ4n) is 11.8. The number of rotatable bonds is 11. The van der Waals surface area contributed by atoms with Gasteiger partial charge in [0.05, 0.1) is 22.1 Å². The van der Waals surface area contributed by atoms with Gasteiger partial charge in [-0.05, 0) is 91.7 Å². The van der Waals surface area contributed by atoms with Crippen molar-refractivity contribution in [1.82, 2.24) is 9.13 Å². The molecule has 70 heavy (non-hydrogen) atoms. The second-order valence-corrected chi connectivity index (χ2v) is 25.9. The van der Waals surface area contributed by atoms with Crippen LogP contribution < -0.4 is 36.3 Å². The molecule has 2 nitrogen and oxygen atoms in total. The molecule has 2 heterocycles. The van der Waals surface area contributed by atoms with Gasteiger partial charge < -0.3 is 9.13 Å². The summed E-state index contributed by atoms with van der Waals surface area (Å²) in [5.41, 5.74) is 7.03. The van der Waals surface area contributed by atoms with Crippen molar-refractivity contribution < 1.29 is 0 Å². The number of aromatic nitrogens is 2. The summed E-state index contributed by atoms with van der Waals surface area (Å²) in [6, 6.07) is 97.9. The van der Waals surface area contributed by atoms with E-state index in [9.17, 15) is 0 Å². The molecule has 0 aliphatic rings. The van der Waals surface area contributed by atoms with Crippen LogP contribution in [-0.2, 0) is 0 Å². The maximum atomic E-state index is 2.55. The van der Waals surface area contributed by atoms with Gasteiger partial charge in [0, 0.05) is 32.9 Å². The average molecular weight is 929 g/mol. The molecule has 10 aromatic carbocycles. The summed E-state index contributed by atoms with van der Waals surface area (Å²) in [7, 11) is -5.67. The van der Waals surface area contributed by atoms with Crippen molar-refractivity contribution in [3.05, 3.63) is 284 Å². The lowest BCUT2D eigenvalue weighted by molar-refractivity contribution is 1.15. The predicted octanol–water partition coefficient (Wildman–Crippen LogP) is 11.8. The molecule has 0 bridgehead atoms. The lowest BCUT2D eigenvalue weighted by Crippen LogP contribution is -2.74. The smallest absolute Gasteiger partial charge is 0.179 e. The van der Waals surface area contributed by atoms with E-state index < -0.39 is 16.1 Å². The molecule has 0 aliphatic carbocycles. The molecule has 2 aromatic heterocycles. The lowest BCUT2D eigenvalue weighted by atomic mass is 10.1. The van der Waals surface area contributed by atoms with Crippen LogP contribution >= 0.6 is 0 Å². The monoisotopic (exact) mass is 928 g/mol. The highest BCUT2D eigenvalue weighted by Gasteiger charge is 2.43. The maximum Gasteiger partial charge on any atom is 0.179 e. The van der Waals surface area contributed by atoms with E-state index >= 15 is 0 Å². The Hall–Kier alpha value is -8.29. The first kappa shape index (κ1) is 43.0. The van der Waals surface area contributed by atoms with E-state index in [1.54, 1.807) is 0 Å². The van der Waals surface area contributed by atoms with Gasteiger partial charge in [0.1, 0.15) is 0 Å². The normalized spacial score (nSPS) is 12.5. The summed E-state index contributed by atoms with van der Waals surface area (Å²) >= 11 is 0. The number of para-hydroxylation sites is 2. The molecule has 0 fully saturated rings. The molecule has 0 N–H and O–H groups in total. The standard InChI is InChI=1S/C66H52N2Si2/c1-3-26-51(4-2)69(52-31-16-7-17-32-52,53-33-18-8-19-34-53)57-41-45-63-61(47-57)59-43-44-60-62-48-58(70(54-35-20-9-21-36-54,55-37-22-10-23-38-55)56-39-24-11-25-40-56)42-46-64(62)68(50-29-14-6-15-30-50)66(60)65(59)67(63)49-27-12-5-13-28-49/h3-48H,1-2H3. The van der Waals surface area contributed by atoms with Crippen molar-refractivity contribution in [2.75, 3.05) is 0 Å². The molecule has 0 atom stereocenters. The van der Waals surface area contributed by atoms with Crippen molar-refractivity contribution in [2.24, 2.45) is 0 Å². The number of benzene rings is 10. The quantitative estimate of drug-likeness (QED) is 0.0695. The van der Waals surface area contributed by atoms with E-state index in [0.29, 0.717) is 0 Å². The van der Waals surface area contributed by atoms with Gasteiger partial charge in [0.15, 0.2) is 16.1 Å². The number of hydrogen-bond donors (Lipinski definition) is 0. The van der Waals surface area contributed by atoms with E-state index in [1.165, 1.54) is 85.1 Å². The minimum absolute atomic E-state index is 1.13. The highest BCUT2D eigenvalue weighted by molar-refractivity contribution is 7.20. The molecule has 0 radical (unpaired) electrons. The SMILES string of the molecule is CC=CC(=CC)[Si](c1ccccc1)(c1ccccc1)c1ccc2c(c1)c1ccc3c4cc([Si](c5ccccc5)(c5ccccc5)c5ccccc5)ccc4n(-c4ccccc4)c3c1n2-c1ccccc1. The molecule has 12 rings (SSSR count). The fraction of sp³-hybridized carbons (Fsp3) is 0.0303. The summed E-state index contributed by atoms with van der Waals surface area (Å²) in [6.45, 7) is 4.35. The molecule has 4 heteroatoms. The van der Waals surface area contributed by atoms with Gasteiger partial charge in [-0.25, -0.2) is 0 Å². The Bertz CT molecular complexity index is 3730. The summed E-state index contributed by atoms with van der Waals surface area (Å²) < 4.78 is 5.06. The van der Waals surface area contributed by atoms with E-state index in [2.05, 4.69) is 302 Å². The molecular weight excluding hydrogens is 877 g/mol. The van der Waals surface area contributed by atoms with Gasteiger partial charge in [-0.15, -0.1) is 0 Å². The van der Waals surface area contributed by atoms with Crippen molar-refractivity contribution in [1.29, 1.82) is 0 Å². The van der Waals surface area contributed by atoms with Crippen LogP contribution in [0.1, 0.15) is 13.8 Å². The van der Waals surface area contributed by atoms with Crippen LogP contribution in [0.3, 0.4) is 0 Å². The van der Waals surface area contributed by atoms with Gasteiger partial charge in [0.2, 0.25) is 0 Å². The summed E-state index contributed by atoms with van der Waals surface area (Å²) in [5.74, 6) is 0. The van der Waals surface area contributed by atoms with Gasteiger partial charge in [-0.2, -0.15) is 0 Å². The molecule has 0 saturated carbocycles. The second kappa shape index (κ2) is 18.0. The topological polar surface area (TPSA) is 9.86 Å². The maximum absolute atomic E-state index is 2.84. The Kier molecular flexibility index (Phi) is 11.1. The molecule has 0 saturated heterocycles. The van der Waals surface area contributed by atoms with Crippen LogP contribution in [0.25, 0.3) is 55.0 Å². The Morgan fingerprint density at radius 2 is 0.671 bits per heavy atom. The Morgan fingerprint density at radius 3 is 1.04 bits per heavy atom. The molecular formula is C66H52N2Si2. The molecule has 0 aliphatic heterocycles. The highest BCUT2D eigenvalue weighted by atomic mass is 28.3. The largest absolute Gasteiger partial charge is 0.307 e. The van der Waals surface area contributed by atoms with Crippen LogP contribution in [0.2, 0.25) is 0 Å². The predicted molar refractivity (Wildman–Crippen MR) is 305 cm³/mol. The number of fused-ring (bicyclic) bond motifs is 7. The number of nitrogens with zero attached hydrogens (tertiary/aromatic N) is 2. The first-order valence-corrected chi connectivity index (χ1v) is 28.4. The van der Waals surface area contributed by atoms with Crippen LogP contribution in [-0.4, -0.2) is 25.3 Å². The third-order valence-electron chi connectivity index (χ3n) is 14.7. The first-order chi connectivity index (χ1) is 34.7. The fourth-order valence-corrected chi connectivity index (χ4v) is 21.5. The lowest BCUT2D eigenvalue weighted by Gasteiger charge is -2.35. The van der Waals surface area contributed by atoms with E-state index in [-0.39, 0.29) is 0 Å². The van der Waals surface area contributed by atoms with Gasteiger partial charge >= 0.3 is 0 Å². The molecule has 0 unspecified atom stereocenters. The average Bonchev–Trinajstić information content (AvgIpc) is 3.95. The summed E-state index contributed by atoms with van der Waals surface area (Å²) in [6.07, 6.45) is 6.91. The first-order valence-electron chi connectivity index (χ1n) is 24.4. The third kappa shape index (κ3) is 6.67. The highest BCUT2D eigenvalue weighted by Crippen LogP contribution is 2.42. The summed E-state index contributed by atoms with van der Waals surface area (Å²) in [5, 5.41) is 15.8. The van der Waals surface area contributed by atoms with Crippen molar-refractivity contribution in [3.63, 3.8) is 0 Å². The Balaban J connectivity index is 1.23. The van der Waals surface area contributed by atoms with Crippen LogP contribution in [0, 0.1) is 0 Å². The van der Waals surface area contributed by atoms with Gasteiger partial charge in [-0.1, -0.05) is 243 Å². The van der Waals surface area contributed by atoms with Crippen LogP contribution in [0.4, 0.5) is 0 Å². The number of hydrogen-bond acceptors (Lipinski definition) is 0. The van der Waals surface area contributed by atoms with Crippen molar-refractivity contribution >= 4 is 96.1 Å². The third-order valence-corrected chi connectivity index (χ3v) is 24.3. The van der Waals surface area contributed by atoms with Crippen molar-refractivity contribution in [3.8, 4) is 11.4 Å². The molecule has 334 valence electrons. The molecule has 0 amide bonds. The van der Waals surface area contributed by atoms with E-state index in [0.717, 1.165) is 11.4 Å². The zero-order valence-electron chi connectivity index (χ0n) is 39.5. The minimum atomic E-state index is -2.84. The van der Waals surface area contributed by atoms with Gasteiger partial charge in [-0.3, -0.25) is 0 Å². The van der Waals surface area contributed by atoms with Gasteiger partial charge in [0.25, 0.3) is 0 Å². The Morgan fingerprint density at radius 1 is 0.329 bits per heavy atom. The Labute approximate surface area is 412 Å². The minimum Gasteiger partial charge on any atom is -0.307 e. The van der Waals surface area contributed by atoms with Crippen molar-refractivity contribution in [2.45, 2.75) is 13.8 Å². The summed E-state index contributed by atoms with van der Waals surface area (Å²) in [4.78, 5) is 0. The second-order valence-electron chi connectivity index (χ2n) is 18.2. The van der Waals surface area contributed by atoms with Crippen LogP contribution in [0.15, 0.2) is 284 Å². The molecule has 0 spiro atoms. The molecule has 12 aromatic rings. The van der Waals surface area contributed by atoms with Crippen LogP contribution in [0.5, 0.6) is 0 Å². The number of allylic oxidation sites excluding steroid dienone is 4. The van der Waals surface area contributed by atoms with E-state index in [1.807, 2.05) is 0 Å². The van der Waals surface area contributed by atoms with E-state index in [4.69, 9.17) is 0 Å². The zero-order chi connectivity index (χ0) is 47.1. The zero-order valence-corrected chi connectivity index (χ0v) is 41.5.